The van der Waals surface area contributed by atoms with Crippen molar-refractivity contribution in [2.45, 2.75) is 89.9 Å². The third kappa shape index (κ3) is 3.54. The molecule has 1 N–H and O–H groups in total. The summed E-state index contributed by atoms with van der Waals surface area (Å²) in [6, 6.07) is 4.29. The molecule has 3 nitrogen and oxygen atoms in total. The summed E-state index contributed by atoms with van der Waals surface area (Å²) in [6.07, 6.45) is 6.90. The largest absolute Gasteiger partial charge is 0.300 e. The Balaban J connectivity index is 2.03. The highest BCUT2D eigenvalue weighted by Gasteiger charge is 2.42. The Bertz CT molecular complexity index is 375. The third-order valence-corrected chi connectivity index (χ3v) is 5.44. The van der Waals surface area contributed by atoms with E-state index >= 15 is 0 Å². The lowest BCUT2D eigenvalue weighted by molar-refractivity contribution is 0.0600. The number of rotatable bonds is 4. The van der Waals surface area contributed by atoms with E-state index in [-0.39, 0.29) is 11.0 Å². The first kappa shape index (κ1) is 15.8. The van der Waals surface area contributed by atoms with E-state index in [9.17, 15) is 5.26 Å². The van der Waals surface area contributed by atoms with E-state index in [1.807, 2.05) is 0 Å². The highest BCUT2D eigenvalue weighted by molar-refractivity contribution is 5.13. The molecule has 0 bridgehead atoms. The maximum Gasteiger partial charge on any atom is 0.108 e. The first-order valence-corrected chi connectivity index (χ1v) is 8.18. The molecule has 0 aromatic heterocycles. The van der Waals surface area contributed by atoms with Gasteiger partial charge in [0, 0.05) is 18.1 Å². The first-order valence-electron chi connectivity index (χ1n) is 8.18. The number of nitrogens with one attached hydrogen (secondary N) is 1. The summed E-state index contributed by atoms with van der Waals surface area (Å²) >= 11 is 0. The van der Waals surface area contributed by atoms with Crippen molar-refractivity contribution in [1.29, 1.82) is 5.26 Å². The second kappa shape index (κ2) is 5.66. The molecule has 0 aromatic rings. The van der Waals surface area contributed by atoms with Crippen LogP contribution in [0.2, 0.25) is 0 Å². The Labute approximate surface area is 124 Å². The molecule has 2 saturated carbocycles. The number of hydrogen-bond donors (Lipinski definition) is 1. The van der Waals surface area contributed by atoms with Crippen molar-refractivity contribution in [2.24, 2.45) is 5.41 Å². The van der Waals surface area contributed by atoms with Gasteiger partial charge in [0.25, 0.3) is 0 Å². The van der Waals surface area contributed by atoms with Gasteiger partial charge in [-0.3, -0.25) is 5.32 Å². The summed E-state index contributed by atoms with van der Waals surface area (Å²) < 4.78 is 0. The van der Waals surface area contributed by atoms with Gasteiger partial charge in [0.2, 0.25) is 0 Å². The van der Waals surface area contributed by atoms with E-state index in [0.29, 0.717) is 18.1 Å². The highest BCUT2D eigenvalue weighted by Crippen LogP contribution is 2.36. The first-order chi connectivity index (χ1) is 9.27. The lowest BCUT2D eigenvalue weighted by Gasteiger charge is -2.45. The molecular formula is C17H31N3. The molecule has 2 rings (SSSR count). The fourth-order valence-electron chi connectivity index (χ4n) is 3.40. The molecule has 3 heteroatoms. The van der Waals surface area contributed by atoms with Crippen LogP contribution in [0.25, 0.3) is 0 Å². The van der Waals surface area contributed by atoms with Gasteiger partial charge in [0.1, 0.15) is 5.54 Å². The summed E-state index contributed by atoms with van der Waals surface area (Å²) in [5.41, 5.74) is 0.0152. The number of nitriles is 1. The molecule has 3 atom stereocenters. The molecular weight excluding hydrogens is 246 g/mol. The van der Waals surface area contributed by atoms with E-state index in [1.54, 1.807) is 0 Å². The van der Waals surface area contributed by atoms with Crippen molar-refractivity contribution in [3.8, 4) is 6.07 Å². The molecule has 0 heterocycles. The normalized spacial score (nSPS) is 33.0. The van der Waals surface area contributed by atoms with Crippen LogP contribution in [-0.4, -0.2) is 35.6 Å². The smallest absolute Gasteiger partial charge is 0.108 e. The van der Waals surface area contributed by atoms with Gasteiger partial charge >= 0.3 is 0 Å². The monoisotopic (exact) mass is 277 g/mol. The maximum atomic E-state index is 9.69. The zero-order chi connectivity index (χ0) is 15.0. The van der Waals surface area contributed by atoms with Crippen LogP contribution >= 0.6 is 0 Å². The molecule has 0 aromatic carbocycles. The van der Waals surface area contributed by atoms with Crippen molar-refractivity contribution in [2.75, 3.05) is 7.05 Å². The summed E-state index contributed by atoms with van der Waals surface area (Å²) in [7, 11) is 2.24. The zero-order valence-electron chi connectivity index (χ0n) is 13.9. The molecule has 0 spiro atoms. The maximum absolute atomic E-state index is 9.69. The summed E-state index contributed by atoms with van der Waals surface area (Å²) in [6.45, 7) is 9.22. The average Bonchev–Trinajstić information content (AvgIpc) is 3.20. The van der Waals surface area contributed by atoms with E-state index < -0.39 is 0 Å². The molecule has 2 aliphatic carbocycles. The summed E-state index contributed by atoms with van der Waals surface area (Å²) in [5.74, 6) is 0. The summed E-state index contributed by atoms with van der Waals surface area (Å²) in [5, 5.41) is 13.3. The van der Waals surface area contributed by atoms with Crippen molar-refractivity contribution >= 4 is 0 Å². The Morgan fingerprint density at radius 2 is 1.95 bits per heavy atom. The lowest BCUT2D eigenvalue weighted by atomic mass is 9.77. The van der Waals surface area contributed by atoms with Gasteiger partial charge in [0.05, 0.1) is 6.07 Å². The van der Waals surface area contributed by atoms with Crippen LogP contribution in [0.1, 0.15) is 66.2 Å². The van der Waals surface area contributed by atoms with E-state index in [2.05, 4.69) is 51.0 Å². The molecule has 0 saturated heterocycles. The molecule has 0 aliphatic heterocycles. The van der Waals surface area contributed by atoms with Gasteiger partial charge in [0.15, 0.2) is 0 Å². The second-order valence-electron chi connectivity index (χ2n) is 8.07. The van der Waals surface area contributed by atoms with Crippen molar-refractivity contribution in [1.82, 2.24) is 10.2 Å². The van der Waals surface area contributed by atoms with Crippen LogP contribution in [0.4, 0.5) is 0 Å². The predicted molar refractivity (Wildman–Crippen MR) is 83.4 cm³/mol. The van der Waals surface area contributed by atoms with Crippen LogP contribution < -0.4 is 5.32 Å². The number of nitrogens with zero attached hydrogens (tertiary/aromatic N) is 2. The molecule has 2 fully saturated rings. The molecule has 2 aliphatic rings. The van der Waals surface area contributed by atoms with Gasteiger partial charge in [-0.05, 0) is 57.9 Å². The van der Waals surface area contributed by atoms with E-state index in [1.165, 1.54) is 25.7 Å². The van der Waals surface area contributed by atoms with Crippen molar-refractivity contribution < 1.29 is 0 Å². The highest BCUT2D eigenvalue weighted by atomic mass is 15.2. The topological polar surface area (TPSA) is 39.1 Å². The van der Waals surface area contributed by atoms with Crippen LogP contribution in [0.15, 0.2) is 0 Å². The molecule has 20 heavy (non-hydrogen) atoms. The zero-order valence-corrected chi connectivity index (χ0v) is 13.9. The SMILES string of the molecule is CC(N(C)C1CCCC(C#N)(NC2CC2)C1)C(C)(C)C. The fraction of sp³-hybridized carbons (Fsp3) is 0.941. The van der Waals surface area contributed by atoms with Crippen molar-refractivity contribution in [3.63, 3.8) is 0 Å². The van der Waals surface area contributed by atoms with Gasteiger partial charge in [-0.15, -0.1) is 0 Å². The van der Waals surface area contributed by atoms with E-state index in [4.69, 9.17) is 0 Å². The molecule has 0 radical (unpaired) electrons. The molecule has 0 amide bonds. The van der Waals surface area contributed by atoms with Gasteiger partial charge in [-0.2, -0.15) is 5.26 Å². The van der Waals surface area contributed by atoms with Crippen molar-refractivity contribution in [3.05, 3.63) is 0 Å². The minimum atomic E-state index is -0.268. The Morgan fingerprint density at radius 1 is 1.30 bits per heavy atom. The minimum Gasteiger partial charge on any atom is -0.300 e. The minimum absolute atomic E-state index is 0.268. The second-order valence-corrected chi connectivity index (χ2v) is 8.07. The van der Waals surface area contributed by atoms with Crippen LogP contribution in [0, 0.1) is 16.7 Å². The molecule has 114 valence electrons. The lowest BCUT2D eigenvalue weighted by Crippen LogP contribution is -2.55. The van der Waals surface area contributed by atoms with E-state index in [0.717, 1.165) is 12.8 Å². The predicted octanol–water partition coefficient (Wildman–Crippen LogP) is 3.31. The molecule has 3 unspecified atom stereocenters. The Kier molecular flexibility index (Phi) is 4.47. The Morgan fingerprint density at radius 3 is 2.45 bits per heavy atom. The third-order valence-electron chi connectivity index (χ3n) is 5.44. The average molecular weight is 277 g/mol. The van der Waals surface area contributed by atoms with Gasteiger partial charge < -0.3 is 4.90 Å². The van der Waals surface area contributed by atoms with Crippen LogP contribution in [-0.2, 0) is 0 Å². The van der Waals surface area contributed by atoms with Crippen LogP contribution in [0.5, 0.6) is 0 Å². The standard InChI is InChI=1S/C17H31N3/c1-13(16(2,3)4)20(5)15-7-6-10-17(11-15,12-18)19-14-8-9-14/h13-15,19H,6-11H2,1-5H3. The fourth-order valence-corrected chi connectivity index (χ4v) is 3.40. The summed E-state index contributed by atoms with van der Waals surface area (Å²) in [4.78, 5) is 2.51. The van der Waals surface area contributed by atoms with Gasteiger partial charge in [-0.1, -0.05) is 20.8 Å². The van der Waals surface area contributed by atoms with Crippen LogP contribution in [0.3, 0.4) is 0 Å². The quantitative estimate of drug-likeness (QED) is 0.857. The Hall–Kier alpha value is -0.590. The van der Waals surface area contributed by atoms with Gasteiger partial charge in [-0.25, -0.2) is 0 Å². The number of hydrogen-bond acceptors (Lipinski definition) is 3.